The number of nitrogens with zero attached hydrogens (tertiary/aromatic N) is 2. The van der Waals surface area contributed by atoms with E-state index in [1.54, 1.807) is 13.1 Å². The number of carbonyl (C=O) groups excluding carboxylic acids is 1. The van der Waals surface area contributed by atoms with Gasteiger partial charge in [0.2, 0.25) is 0 Å². The molecule has 0 heterocycles. The van der Waals surface area contributed by atoms with E-state index < -0.39 is 4.92 Å². The molecule has 1 amide bonds. The highest BCUT2D eigenvalue weighted by Crippen LogP contribution is 2.11. The first-order valence-corrected chi connectivity index (χ1v) is 5.77. The van der Waals surface area contributed by atoms with Gasteiger partial charge in [0.1, 0.15) is 5.84 Å². The Kier molecular flexibility index (Phi) is 5.40. The molecule has 6 nitrogen and oxygen atoms in total. The van der Waals surface area contributed by atoms with Crippen molar-refractivity contribution in [3.8, 4) is 0 Å². The zero-order valence-corrected chi connectivity index (χ0v) is 10.8. The Morgan fingerprint density at radius 2 is 2.05 bits per heavy atom. The Morgan fingerprint density at radius 3 is 2.53 bits per heavy atom. The van der Waals surface area contributed by atoms with Gasteiger partial charge < -0.3 is 5.32 Å². The Labute approximate surface area is 111 Å². The van der Waals surface area contributed by atoms with E-state index in [0.29, 0.717) is 11.4 Å². The third-order valence-corrected chi connectivity index (χ3v) is 2.33. The number of amides is 1. The molecule has 1 N–H and O–H groups in total. The van der Waals surface area contributed by atoms with Crippen molar-refractivity contribution in [2.24, 2.45) is 4.99 Å². The van der Waals surface area contributed by atoms with Crippen LogP contribution in [0.3, 0.4) is 0 Å². The highest BCUT2D eigenvalue weighted by Gasteiger charge is 2.10. The standard InChI is InChI=1S/C13H15N3O3/c1-3-4-5-12(14-2)15-13(17)10-6-8-11(9-7-10)16(18)19/h4-9H,3H2,1-2H3,(H,14,15,17)/b5-4-. The van der Waals surface area contributed by atoms with Gasteiger partial charge in [-0.15, -0.1) is 0 Å². The van der Waals surface area contributed by atoms with Crippen molar-refractivity contribution < 1.29 is 9.72 Å². The molecule has 1 aromatic carbocycles. The van der Waals surface area contributed by atoms with Crippen molar-refractivity contribution in [2.45, 2.75) is 13.3 Å². The van der Waals surface area contributed by atoms with Gasteiger partial charge in [-0.2, -0.15) is 0 Å². The zero-order valence-electron chi connectivity index (χ0n) is 10.8. The first kappa shape index (κ1) is 14.6. The summed E-state index contributed by atoms with van der Waals surface area (Å²) in [5, 5.41) is 13.1. The lowest BCUT2D eigenvalue weighted by molar-refractivity contribution is -0.384. The third kappa shape index (κ3) is 4.34. The molecule has 1 aromatic rings. The summed E-state index contributed by atoms with van der Waals surface area (Å²) < 4.78 is 0. The number of benzene rings is 1. The van der Waals surface area contributed by atoms with Crippen LogP contribution in [0.2, 0.25) is 0 Å². The van der Waals surface area contributed by atoms with Gasteiger partial charge in [-0.3, -0.25) is 19.9 Å². The summed E-state index contributed by atoms with van der Waals surface area (Å²) in [6.07, 6.45) is 4.42. The van der Waals surface area contributed by atoms with Crippen molar-refractivity contribution in [2.75, 3.05) is 7.05 Å². The van der Waals surface area contributed by atoms with E-state index >= 15 is 0 Å². The molecule has 0 bridgehead atoms. The highest BCUT2D eigenvalue weighted by molar-refractivity contribution is 6.10. The number of non-ortho nitro benzene ring substituents is 1. The summed E-state index contributed by atoms with van der Waals surface area (Å²) in [6, 6.07) is 5.40. The molecule has 0 saturated heterocycles. The van der Waals surface area contributed by atoms with E-state index in [0.717, 1.165) is 6.42 Å². The maximum atomic E-state index is 11.9. The maximum Gasteiger partial charge on any atom is 0.269 e. The lowest BCUT2D eigenvalue weighted by Crippen LogP contribution is -2.29. The molecule has 0 aliphatic heterocycles. The minimum atomic E-state index is -0.509. The molecule has 0 saturated carbocycles. The van der Waals surface area contributed by atoms with E-state index in [4.69, 9.17) is 0 Å². The maximum absolute atomic E-state index is 11.9. The van der Waals surface area contributed by atoms with Crippen LogP contribution in [0, 0.1) is 10.1 Å². The summed E-state index contributed by atoms with van der Waals surface area (Å²) in [5.74, 6) is 0.0986. The third-order valence-electron chi connectivity index (χ3n) is 2.33. The Balaban J connectivity index is 2.78. The number of amidine groups is 1. The lowest BCUT2D eigenvalue weighted by atomic mass is 10.2. The van der Waals surface area contributed by atoms with Crippen molar-refractivity contribution >= 4 is 17.4 Å². The molecule has 1 rings (SSSR count). The second-order valence-electron chi connectivity index (χ2n) is 3.68. The van der Waals surface area contributed by atoms with Crippen LogP contribution in [0.1, 0.15) is 23.7 Å². The average molecular weight is 261 g/mol. The normalized spacial score (nSPS) is 11.6. The van der Waals surface area contributed by atoms with Gasteiger partial charge in [-0.1, -0.05) is 13.0 Å². The van der Waals surface area contributed by atoms with E-state index in [2.05, 4.69) is 10.3 Å². The second-order valence-corrected chi connectivity index (χ2v) is 3.68. The van der Waals surface area contributed by atoms with Gasteiger partial charge in [0.15, 0.2) is 0 Å². The fraction of sp³-hybridized carbons (Fsp3) is 0.231. The van der Waals surface area contributed by atoms with Crippen LogP contribution < -0.4 is 5.32 Å². The van der Waals surface area contributed by atoms with Crippen molar-refractivity contribution in [3.05, 3.63) is 52.1 Å². The highest BCUT2D eigenvalue weighted by atomic mass is 16.6. The number of rotatable bonds is 4. The minimum absolute atomic E-state index is 0.0492. The van der Waals surface area contributed by atoms with Crippen LogP contribution in [0.5, 0.6) is 0 Å². The molecule has 0 aliphatic rings. The summed E-state index contributed by atoms with van der Waals surface area (Å²) in [4.78, 5) is 25.8. The van der Waals surface area contributed by atoms with Gasteiger partial charge in [0.05, 0.1) is 4.92 Å². The zero-order chi connectivity index (χ0) is 14.3. The Morgan fingerprint density at radius 1 is 1.42 bits per heavy atom. The fourth-order valence-corrected chi connectivity index (χ4v) is 1.32. The van der Waals surface area contributed by atoms with Crippen LogP contribution in [-0.4, -0.2) is 23.7 Å². The minimum Gasteiger partial charge on any atom is -0.307 e. The number of carbonyl (C=O) groups is 1. The number of aliphatic imine (C=N–C) groups is 1. The first-order chi connectivity index (χ1) is 9.08. The summed E-state index contributed by atoms with van der Waals surface area (Å²) in [7, 11) is 1.57. The van der Waals surface area contributed by atoms with Crippen LogP contribution in [-0.2, 0) is 0 Å². The van der Waals surface area contributed by atoms with E-state index in [1.807, 2.05) is 13.0 Å². The topological polar surface area (TPSA) is 84.6 Å². The Hall–Kier alpha value is -2.50. The van der Waals surface area contributed by atoms with Crippen LogP contribution in [0.4, 0.5) is 5.69 Å². The van der Waals surface area contributed by atoms with E-state index in [-0.39, 0.29) is 11.6 Å². The van der Waals surface area contributed by atoms with Gasteiger partial charge >= 0.3 is 0 Å². The average Bonchev–Trinajstić information content (AvgIpc) is 2.43. The molecule has 0 fully saturated rings. The SMILES string of the molecule is CC/C=C\C(=NC)NC(=O)c1ccc([N+](=O)[O-])cc1. The molecule has 0 aliphatic carbocycles. The molecular weight excluding hydrogens is 246 g/mol. The number of nitrogens with one attached hydrogen (secondary N) is 1. The largest absolute Gasteiger partial charge is 0.307 e. The molecule has 6 heteroatoms. The number of nitro benzene ring substituents is 1. The van der Waals surface area contributed by atoms with Gasteiger partial charge in [0.25, 0.3) is 11.6 Å². The first-order valence-electron chi connectivity index (χ1n) is 5.77. The van der Waals surface area contributed by atoms with E-state index in [9.17, 15) is 14.9 Å². The number of nitro groups is 1. The quantitative estimate of drug-likeness (QED) is 0.390. The molecule has 0 atom stereocenters. The molecule has 100 valence electrons. The molecular formula is C13H15N3O3. The summed E-state index contributed by atoms with van der Waals surface area (Å²) >= 11 is 0. The molecule has 0 spiro atoms. The predicted molar refractivity (Wildman–Crippen MR) is 73.4 cm³/mol. The molecule has 19 heavy (non-hydrogen) atoms. The summed E-state index contributed by atoms with van der Waals surface area (Å²) in [5.41, 5.74) is 0.295. The second kappa shape index (κ2) is 7.05. The Bertz CT molecular complexity index is 518. The van der Waals surface area contributed by atoms with Crippen molar-refractivity contribution in [3.63, 3.8) is 0 Å². The van der Waals surface area contributed by atoms with Crippen LogP contribution in [0.25, 0.3) is 0 Å². The van der Waals surface area contributed by atoms with Crippen LogP contribution >= 0.6 is 0 Å². The monoisotopic (exact) mass is 261 g/mol. The number of allylic oxidation sites excluding steroid dienone is 1. The fourth-order valence-electron chi connectivity index (χ4n) is 1.32. The van der Waals surface area contributed by atoms with Crippen molar-refractivity contribution in [1.29, 1.82) is 0 Å². The predicted octanol–water partition coefficient (Wildman–Crippen LogP) is 2.32. The number of hydrogen-bond acceptors (Lipinski definition) is 4. The smallest absolute Gasteiger partial charge is 0.269 e. The molecule has 0 unspecified atom stereocenters. The van der Waals surface area contributed by atoms with Gasteiger partial charge in [-0.05, 0) is 24.6 Å². The van der Waals surface area contributed by atoms with Crippen LogP contribution in [0.15, 0.2) is 41.4 Å². The van der Waals surface area contributed by atoms with Crippen molar-refractivity contribution in [1.82, 2.24) is 5.32 Å². The lowest BCUT2D eigenvalue weighted by Gasteiger charge is -2.04. The molecule has 0 aromatic heterocycles. The van der Waals surface area contributed by atoms with E-state index in [1.165, 1.54) is 24.3 Å². The van der Waals surface area contributed by atoms with Gasteiger partial charge in [0, 0.05) is 24.7 Å². The summed E-state index contributed by atoms with van der Waals surface area (Å²) in [6.45, 7) is 1.97. The molecule has 0 radical (unpaired) electrons. The van der Waals surface area contributed by atoms with Gasteiger partial charge in [-0.25, -0.2) is 0 Å². The number of hydrogen-bond donors (Lipinski definition) is 1.